The Kier molecular flexibility index (Phi) is 2.57. The maximum absolute atomic E-state index is 13.1. The zero-order chi connectivity index (χ0) is 10.9. The average Bonchev–Trinajstić information content (AvgIpc) is 2.07. The Morgan fingerprint density at radius 2 is 2.00 bits per heavy atom. The van der Waals surface area contributed by atoms with Gasteiger partial charge >= 0.3 is 0 Å². The molecular weight excluding hydrogens is 179 g/mol. The van der Waals surface area contributed by atoms with Crippen LogP contribution in [-0.2, 0) is 5.41 Å². The highest BCUT2D eigenvalue weighted by atomic mass is 19.1. The molecule has 1 rings (SSSR count). The van der Waals surface area contributed by atoms with Crippen molar-refractivity contribution in [3.8, 4) is 6.07 Å². The van der Waals surface area contributed by atoms with Crippen molar-refractivity contribution in [1.82, 2.24) is 4.98 Å². The summed E-state index contributed by atoms with van der Waals surface area (Å²) in [6.45, 7) is 7.46. The molecule has 74 valence electrons. The lowest BCUT2D eigenvalue weighted by atomic mass is 9.87. The molecule has 1 aromatic rings. The van der Waals surface area contributed by atoms with Gasteiger partial charge in [-0.2, -0.15) is 5.26 Å². The molecule has 1 aromatic heterocycles. The van der Waals surface area contributed by atoms with E-state index in [0.29, 0.717) is 16.8 Å². The second-order valence-electron chi connectivity index (χ2n) is 4.32. The highest BCUT2D eigenvalue weighted by Crippen LogP contribution is 2.26. The molecule has 0 saturated carbocycles. The molecule has 0 aliphatic rings. The second kappa shape index (κ2) is 3.38. The van der Waals surface area contributed by atoms with Crippen LogP contribution in [-0.4, -0.2) is 4.98 Å². The van der Waals surface area contributed by atoms with Crippen LogP contribution in [0.2, 0.25) is 0 Å². The van der Waals surface area contributed by atoms with E-state index in [2.05, 4.69) is 4.98 Å². The quantitative estimate of drug-likeness (QED) is 0.633. The molecular formula is C11H13FN2. The van der Waals surface area contributed by atoms with Crippen LogP contribution in [0, 0.1) is 24.1 Å². The first-order valence-corrected chi connectivity index (χ1v) is 4.43. The normalized spacial score (nSPS) is 11.1. The number of nitriles is 1. The van der Waals surface area contributed by atoms with Gasteiger partial charge in [0.2, 0.25) is 0 Å². The molecule has 0 aliphatic carbocycles. The standard InChI is InChI=1S/C11H13FN2/c1-7-8(5-13)10(11(2,3)4)14-6-9(7)12/h6H,1-4H3. The molecule has 14 heavy (non-hydrogen) atoms. The predicted octanol–water partition coefficient (Wildman–Crippen LogP) is 2.70. The van der Waals surface area contributed by atoms with Gasteiger partial charge < -0.3 is 0 Å². The fourth-order valence-corrected chi connectivity index (χ4v) is 1.29. The molecule has 0 N–H and O–H groups in total. The zero-order valence-corrected chi connectivity index (χ0v) is 8.85. The molecule has 0 radical (unpaired) electrons. The number of pyridine rings is 1. The SMILES string of the molecule is Cc1c(F)cnc(C(C)(C)C)c1C#N. The van der Waals surface area contributed by atoms with E-state index in [1.807, 2.05) is 26.8 Å². The highest BCUT2D eigenvalue weighted by Gasteiger charge is 2.22. The molecule has 3 heteroatoms. The number of aromatic nitrogens is 1. The predicted molar refractivity (Wildman–Crippen MR) is 52.3 cm³/mol. The summed E-state index contributed by atoms with van der Waals surface area (Å²) in [5, 5.41) is 8.93. The van der Waals surface area contributed by atoms with Gasteiger partial charge in [-0.25, -0.2) is 4.39 Å². The second-order valence-corrected chi connectivity index (χ2v) is 4.32. The van der Waals surface area contributed by atoms with Crippen LogP contribution in [0.15, 0.2) is 6.20 Å². The maximum atomic E-state index is 13.1. The third kappa shape index (κ3) is 1.74. The summed E-state index contributed by atoms with van der Waals surface area (Å²) in [5.74, 6) is -0.422. The van der Waals surface area contributed by atoms with Crippen molar-refractivity contribution in [2.24, 2.45) is 0 Å². The summed E-state index contributed by atoms with van der Waals surface area (Å²) in [5.41, 5.74) is 1.16. The van der Waals surface area contributed by atoms with Gasteiger partial charge in [0.05, 0.1) is 17.5 Å². The molecule has 0 spiro atoms. The lowest BCUT2D eigenvalue weighted by Crippen LogP contribution is -2.17. The number of hydrogen-bond acceptors (Lipinski definition) is 2. The van der Waals surface area contributed by atoms with Gasteiger partial charge in [0.25, 0.3) is 0 Å². The van der Waals surface area contributed by atoms with Crippen LogP contribution < -0.4 is 0 Å². The fourth-order valence-electron chi connectivity index (χ4n) is 1.29. The van der Waals surface area contributed by atoms with Gasteiger partial charge in [-0.3, -0.25) is 4.98 Å². The van der Waals surface area contributed by atoms with Gasteiger partial charge in [0, 0.05) is 11.0 Å². The molecule has 0 aromatic carbocycles. The first-order valence-electron chi connectivity index (χ1n) is 4.43. The van der Waals surface area contributed by atoms with Crippen LogP contribution in [0.5, 0.6) is 0 Å². The van der Waals surface area contributed by atoms with E-state index in [1.54, 1.807) is 6.92 Å². The molecule has 0 saturated heterocycles. The summed E-state index contributed by atoms with van der Waals surface area (Å²) in [4.78, 5) is 3.98. The van der Waals surface area contributed by atoms with E-state index >= 15 is 0 Å². The minimum Gasteiger partial charge on any atom is -0.256 e. The van der Waals surface area contributed by atoms with Gasteiger partial charge in [-0.05, 0) is 6.92 Å². The molecule has 0 fully saturated rings. The third-order valence-corrected chi connectivity index (χ3v) is 2.10. The van der Waals surface area contributed by atoms with Crippen LogP contribution in [0.25, 0.3) is 0 Å². The molecule has 0 atom stereocenters. The number of nitrogens with zero attached hydrogens (tertiary/aromatic N) is 2. The van der Waals surface area contributed by atoms with Crippen molar-refractivity contribution >= 4 is 0 Å². The lowest BCUT2D eigenvalue weighted by Gasteiger charge is -2.19. The highest BCUT2D eigenvalue weighted by molar-refractivity contribution is 5.43. The smallest absolute Gasteiger partial charge is 0.145 e. The molecule has 1 heterocycles. The molecule has 0 aliphatic heterocycles. The first-order chi connectivity index (χ1) is 6.38. The van der Waals surface area contributed by atoms with Crippen LogP contribution in [0.4, 0.5) is 4.39 Å². The lowest BCUT2D eigenvalue weighted by molar-refractivity contribution is 0.551. The number of rotatable bonds is 0. The summed E-state index contributed by atoms with van der Waals surface area (Å²) in [6.07, 6.45) is 1.18. The van der Waals surface area contributed by atoms with Gasteiger partial charge in [-0.15, -0.1) is 0 Å². The molecule has 0 unspecified atom stereocenters. The van der Waals surface area contributed by atoms with Gasteiger partial charge in [-0.1, -0.05) is 20.8 Å². The molecule has 0 amide bonds. The van der Waals surface area contributed by atoms with Crippen molar-refractivity contribution in [1.29, 1.82) is 5.26 Å². The van der Waals surface area contributed by atoms with Crippen molar-refractivity contribution in [3.63, 3.8) is 0 Å². The Bertz CT molecular complexity index is 397. The van der Waals surface area contributed by atoms with Crippen molar-refractivity contribution in [2.45, 2.75) is 33.1 Å². The molecule has 2 nitrogen and oxygen atoms in total. The zero-order valence-electron chi connectivity index (χ0n) is 8.85. The summed E-state index contributed by atoms with van der Waals surface area (Å²) < 4.78 is 13.1. The minimum atomic E-state index is -0.422. The maximum Gasteiger partial charge on any atom is 0.145 e. The Hall–Kier alpha value is -1.43. The summed E-state index contributed by atoms with van der Waals surface area (Å²) in [6, 6.07) is 2.01. The van der Waals surface area contributed by atoms with Crippen LogP contribution >= 0.6 is 0 Å². The Morgan fingerprint density at radius 3 is 2.43 bits per heavy atom. The van der Waals surface area contributed by atoms with E-state index in [4.69, 9.17) is 5.26 Å². The van der Waals surface area contributed by atoms with E-state index < -0.39 is 5.82 Å². The summed E-state index contributed by atoms with van der Waals surface area (Å²) >= 11 is 0. The van der Waals surface area contributed by atoms with Crippen molar-refractivity contribution in [3.05, 3.63) is 28.8 Å². The first kappa shape index (κ1) is 10.6. The largest absolute Gasteiger partial charge is 0.256 e. The Labute approximate surface area is 83.4 Å². The van der Waals surface area contributed by atoms with E-state index in [-0.39, 0.29) is 5.41 Å². The summed E-state index contributed by atoms with van der Waals surface area (Å²) in [7, 11) is 0. The fraction of sp³-hybridized carbons (Fsp3) is 0.455. The van der Waals surface area contributed by atoms with Crippen molar-refractivity contribution in [2.75, 3.05) is 0 Å². The Balaban J connectivity index is 3.49. The molecule has 0 bridgehead atoms. The average molecular weight is 192 g/mol. The third-order valence-electron chi connectivity index (χ3n) is 2.10. The Morgan fingerprint density at radius 1 is 1.43 bits per heavy atom. The number of halogens is 1. The van der Waals surface area contributed by atoms with Crippen LogP contribution in [0.1, 0.15) is 37.6 Å². The minimum absolute atomic E-state index is 0.233. The van der Waals surface area contributed by atoms with E-state index in [0.717, 1.165) is 0 Å². The topological polar surface area (TPSA) is 36.7 Å². The van der Waals surface area contributed by atoms with Crippen LogP contribution in [0.3, 0.4) is 0 Å². The van der Waals surface area contributed by atoms with E-state index in [9.17, 15) is 4.39 Å². The van der Waals surface area contributed by atoms with Gasteiger partial charge in [0.15, 0.2) is 0 Å². The van der Waals surface area contributed by atoms with Crippen molar-refractivity contribution < 1.29 is 4.39 Å². The van der Waals surface area contributed by atoms with Gasteiger partial charge in [0.1, 0.15) is 11.9 Å². The monoisotopic (exact) mass is 192 g/mol. The van der Waals surface area contributed by atoms with E-state index in [1.165, 1.54) is 6.20 Å². The number of hydrogen-bond donors (Lipinski definition) is 0.